The van der Waals surface area contributed by atoms with Crippen molar-refractivity contribution in [3.8, 4) is 0 Å². The topological polar surface area (TPSA) is 110 Å². The Bertz CT molecular complexity index is 553. The van der Waals surface area contributed by atoms with E-state index in [9.17, 15) is 9.59 Å². The molecule has 3 rings (SSSR count). The van der Waals surface area contributed by atoms with Gasteiger partial charge in [0.05, 0.1) is 0 Å². The van der Waals surface area contributed by atoms with Gasteiger partial charge in [0, 0.05) is 32.1 Å². The van der Waals surface area contributed by atoms with Gasteiger partial charge in [-0.05, 0) is 42.2 Å². The van der Waals surface area contributed by atoms with Crippen LogP contribution in [0.5, 0.6) is 0 Å². The second-order valence-electron chi connectivity index (χ2n) is 6.23. The zero-order valence-corrected chi connectivity index (χ0v) is 14.4. The zero-order chi connectivity index (χ0) is 16.2. The quantitative estimate of drug-likeness (QED) is 0.744. The van der Waals surface area contributed by atoms with Gasteiger partial charge in [0.25, 0.3) is 0 Å². The van der Waals surface area contributed by atoms with Gasteiger partial charge in [-0.3, -0.25) is 9.59 Å². The third-order valence-corrected chi connectivity index (χ3v) is 4.79. The Labute approximate surface area is 146 Å². The molecule has 2 N–H and O–H groups in total. The highest BCUT2D eigenvalue weighted by atomic mass is 35.5. The summed E-state index contributed by atoms with van der Waals surface area (Å²) in [5, 5.41) is 10.8. The minimum atomic E-state index is 0. The third kappa shape index (κ3) is 4.02. The first-order chi connectivity index (χ1) is 11.2. The summed E-state index contributed by atoms with van der Waals surface area (Å²) < 4.78 is 1.44. The minimum Gasteiger partial charge on any atom is -0.341 e. The second kappa shape index (κ2) is 8.39. The van der Waals surface area contributed by atoms with Crippen LogP contribution in [0, 0.1) is 5.92 Å². The molecule has 0 unspecified atom stereocenters. The summed E-state index contributed by atoms with van der Waals surface area (Å²) in [6.45, 7) is 2.87. The summed E-state index contributed by atoms with van der Waals surface area (Å²) in [5.41, 5.74) is 5.58. The summed E-state index contributed by atoms with van der Waals surface area (Å²) >= 11 is 0. The van der Waals surface area contributed by atoms with Crippen LogP contribution in [0.4, 0.5) is 0 Å². The molecule has 1 aromatic rings. The fraction of sp³-hybridized carbons (Fsp3) is 0.786. The highest BCUT2D eigenvalue weighted by Crippen LogP contribution is 2.31. The molecule has 0 saturated carbocycles. The predicted molar refractivity (Wildman–Crippen MR) is 88.2 cm³/mol. The molecule has 0 spiro atoms. The number of carbonyl (C=O) groups excluding carboxylic acids is 2. The number of tetrazole rings is 1. The number of halogens is 1. The number of amides is 2. The van der Waals surface area contributed by atoms with Crippen LogP contribution < -0.4 is 5.73 Å². The van der Waals surface area contributed by atoms with E-state index in [0.717, 1.165) is 25.8 Å². The Morgan fingerprint density at radius 2 is 2.21 bits per heavy atom. The van der Waals surface area contributed by atoms with Gasteiger partial charge in [0.15, 0.2) is 0 Å². The molecule has 1 aromatic heterocycles. The summed E-state index contributed by atoms with van der Waals surface area (Å²) in [4.78, 5) is 28.4. The lowest BCUT2D eigenvalue weighted by atomic mass is 9.83. The fourth-order valence-corrected chi connectivity index (χ4v) is 3.62. The van der Waals surface area contributed by atoms with E-state index in [1.165, 1.54) is 11.0 Å². The van der Waals surface area contributed by atoms with Crippen molar-refractivity contribution in [2.75, 3.05) is 26.2 Å². The third-order valence-electron chi connectivity index (χ3n) is 4.79. The fourth-order valence-electron chi connectivity index (χ4n) is 3.62. The molecular weight excluding hydrogens is 334 g/mol. The SMILES string of the molecule is Cl.NCCCN1C(=O)CC[C@H]2CN(C(=O)Cn3cnnn3)CC[C@H]21. The maximum atomic E-state index is 12.4. The van der Waals surface area contributed by atoms with E-state index in [0.29, 0.717) is 32.0 Å². The largest absolute Gasteiger partial charge is 0.341 e. The van der Waals surface area contributed by atoms with Crippen molar-refractivity contribution in [2.24, 2.45) is 11.7 Å². The van der Waals surface area contributed by atoms with Crippen molar-refractivity contribution in [3.63, 3.8) is 0 Å². The predicted octanol–water partition coefficient (Wildman–Crippen LogP) is -0.717. The van der Waals surface area contributed by atoms with Crippen molar-refractivity contribution in [1.82, 2.24) is 30.0 Å². The number of nitrogens with two attached hydrogens (primary N) is 1. The average Bonchev–Trinajstić information content (AvgIpc) is 3.06. The van der Waals surface area contributed by atoms with Crippen molar-refractivity contribution in [1.29, 1.82) is 0 Å². The molecule has 10 heteroatoms. The molecular formula is C14H24ClN7O2. The molecule has 2 fully saturated rings. The van der Waals surface area contributed by atoms with Crippen LogP contribution in [0.3, 0.4) is 0 Å². The lowest BCUT2D eigenvalue weighted by Gasteiger charge is -2.47. The van der Waals surface area contributed by atoms with E-state index in [2.05, 4.69) is 15.5 Å². The molecule has 24 heavy (non-hydrogen) atoms. The molecule has 0 radical (unpaired) electrons. The molecule has 2 saturated heterocycles. The number of piperidine rings is 2. The Balaban J connectivity index is 0.00000208. The van der Waals surface area contributed by atoms with Crippen LogP contribution in [-0.2, 0) is 16.1 Å². The summed E-state index contributed by atoms with van der Waals surface area (Å²) in [5.74, 6) is 0.617. The number of aromatic nitrogens is 4. The first-order valence-corrected chi connectivity index (χ1v) is 8.17. The summed E-state index contributed by atoms with van der Waals surface area (Å²) in [6, 6.07) is 0.250. The zero-order valence-electron chi connectivity index (χ0n) is 13.6. The first kappa shape index (κ1) is 18.6. The number of hydrogen-bond acceptors (Lipinski definition) is 6. The number of fused-ring (bicyclic) bond motifs is 1. The highest BCUT2D eigenvalue weighted by molar-refractivity contribution is 5.85. The van der Waals surface area contributed by atoms with E-state index in [-0.39, 0.29) is 36.8 Å². The summed E-state index contributed by atoms with van der Waals surface area (Å²) in [7, 11) is 0. The van der Waals surface area contributed by atoms with Crippen molar-refractivity contribution in [3.05, 3.63) is 6.33 Å². The van der Waals surface area contributed by atoms with Gasteiger partial charge in [-0.1, -0.05) is 0 Å². The van der Waals surface area contributed by atoms with Gasteiger partial charge in [0.2, 0.25) is 11.8 Å². The molecule has 9 nitrogen and oxygen atoms in total. The maximum absolute atomic E-state index is 12.4. The number of likely N-dealkylation sites (tertiary alicyclic amines) is 2. The number of carbonyl (C=O) groups is 2. The molecule has 0 bridgehead atoms. The van der Waals surface area contributed by atoms with E-state index in [4.69, 9.17) is 5.73 Å². The molecule has 0 aliphatic carbocycles. The molecule has 2 aliphatic rings. The molecule has 2 aliphatic heterocycles. The highest BCUT2D eigenvalue weighted by Gasteiger charge is 2.39. The number of hydrogen-bond donors (Lipinski definition) is 1. The molecule has 0 aromatic carbocycles. The second-order valence-corrected chi connectivity index (χ2v) is 6.23. The van der Waals surface area contributed by atoms with E-state index in [1.807, 2.05) is 9.80 Å². The summed E-state index contributed by atoms with van der Waals surface area (Å²) in [6.07, 6.45) is 4.54. The lowest BCUT2D eigenvalue weighted by molar-refractivity contribution is -0.144. The van der Waals surface area contributed by atoms with Crippen LogP contribution in [0.25, 0.3) is 0 Å². The normalized spacial score (nSPS) is 23.6. The van der Waals surface area contributed by atoms with Gasteiger partial charge in [-0.25, -0.2) is 4.68 Å². The molecule has 2 amide bonds. The number of rotatable bonds is 5. The van der Waals surface area contributed by atoms with Crippen LogP contribution >= 0.6 is 12.4 Å². The lowest BCUT2D eigenvalue weighted by Crippen LogP contribution is -2.57. The molecule has 134 valence electrons. The standard InChI is InChI=1S/C14H23N7O2.ClH/c15-5-1-6-21-12-4-7-19(8-11(12)2-3-13(21)22)14(23)9-20-10-16-17-18-20;/h10-12H,1-9,15H2;1H/t11-,12+;/m0./s1. The Kier molecular flexibility index (Phi) is 6.50. The van der Waals surface area contributed by atoms with Crippen LogP contribution in [0.15, 0.2) is 6.33 Å². The van der Waals surface area contributed by atoms with Crippen molar-refractivity contribution >= 4 is 24.2 Å². The van der Waals surface area contributed by atoms with Crippen molar-refractivity contribution in [2.45, 2.75) is 38.3 Å². The van der Waals surface area contributed by atoms with E-state index in [1.54, 1.807) is 0 Å². The average molecular weight is 358 g/mol. The van der Waals surface area contributed by atoms with Gasteiger partial charge in [-0.2, -0.15) is 0 Å². The first-order valence-electron chi connectivity index (χ1n) is 8.17. The number of nitrogens with zero attached hydrogens (tertiary/aromatic N) is 6. The monoisotopic (exact) mass is 357 g/mol. The van der Waals surface area contributed by atoms with Crippen LogP contribution in [-0.4, -0.2) is 74.0 Å². The van der Waals surface area contributed by atoms with Crippen LogP contribution in [0.2, 0.25) is 0 Å². The molecule has 2 atom stereocenters. The van der Waals surface area contributed by atoms with Gasteiger partial charge in [-0.15, -0.1) is 17.5 Å². The minimum absolute atomic E-state index is 0. The van der Waals surface area contributed by atoms with Gasteiger partial charge >= 0.3 is 0 Å². The molecule has 3 heterocycles. The maximum Gasteiger partial charge on any atom is 0.244 e. The Hall–Kier alpha value is -1.74. The van der Waals surface area contributed by atoms with Crippen LogP contribution in [0.1, 0.15) is 25.7 Å². The van der Waals surface area contributed by atoms with Gasteiger partial charge in [0.1, 0.15) is 12.9 Å². The van der Waals surface area contributed by atoms with E-state index >= 15 is 0 Å². The van der Waals surface area contributed by atoms with Crippen molar-refractivity contribution < 1.29 is 9.59 Å². The Morgan fingerprint density at radius 1 is 1.38 bits per heavy atom. The van der Waals surface area contributed by atoms with Gasteiger partial charge < -0.3 is 15.5 Å². The smallest absolute Gasteiger partial charge is 0.244 e. The Morgan fingerprint density at radius 3 is 2.92 bits per heavy atom. The van der Waals surface area contributed by atoms with E-state index < -0.39 is 0 Å².